The fourth-order valence-electron chi connectivity index (χ4n) is 3.70. The van der Waals surface area contributed by atoms with Gasteiger partial charge >= 0.3 is 0 Å². The minimum atomic E-state index is -4.05. The van der Waals surface area contributed by atoms with E-state index in [0.29, 0.717) is 18.0 Å². The Balaban J connectivity index is 1.55. The predicted molar refractivity (Wildman–Crippen MR) is 146 cm³/mol. The molecule has 0 unspecified atom stereocenters. The lowest BCUT2D eigenvalue weighted by Gasteiger charge is -2.26. The molecule has 0 aliphatic heterocycles. The van der Waals surface area contributed by atoms with Gasteiger partial charge in [0.05, 0.1) is 23.5 Å². The Labute approximate surface area is 221 Å². The lowest BCUT2D eigenvalue weighted by molar-refractivity contribution is -0.119. The van der Waals surface area contributed by atoms with Crippen LogP contribution in [0.4, 0.5) is 5.69 Å². The van der Waals surface area contributed by atoms with E-state index < -0.39 is 22.5 Å². The van der Waals surface area contributed by atoms with Crippen molar-refractivity contribution in [1.29, 1.82) is 0 Å². The van der Waals surface area contributed by atoms with Crippen molar-refractivity contribution in [1.82, 2.24) is 14.9 Å². The van der Waals surface area contributed by atoms with Crippen LogP contribution in [0.5, 0.6) is 5.75 Å². The molecule has 4 rings (SSSR count). The second kappa shape index (κ2) is 12.0. The summed E-state index contributed by atoms with van der Waals surface area (Å²) in [4.78, 5) is 18.1. The van der Waals surface area contributed by atoms with Crippen LogP contribution in [0.2, 0.25) is 0 Å². The van der Waals surface area contributed by atoms with Crippen LogP contribution in [0.25, 0.3) is 5.69 Å². The molecule has 37 heavy (non-hydrogen) atoms. The lowest BCUT2D eigenvalue weighted by atomic mass is 10.2. The molecule has 0 aliphatic rings. The second-order valence-corrected chi connectivity index (χ2v) is 10.7. The number of thioether (sulfide) groups is 1. The number of aromatic nitrogens is 2. The summed E-state index contributed by atoms with van der Waals surface area (Å²) in [6.07, 6.45) is 7.18. The van der Waals surface area contributed by atoms with Crippen molar-refractivity contribution >= 4 is 33.4 Å². The first-order valence-electron chi connectivity index (χ1n) is 11.6. The SMILES string of the molecule is CCOc1ccccc1N(CC(=O)NCc1ccc(-n2ccnc2)cc1)S(=O)(=O)c1ccc(SC)cc1. The molecule has 1 N–H and O–H groups in total. The molecule has 0 spiro atoms. The van der Waals surface area contributed by atoms with E-state index >= 15 is 0 Å². The van der Waals surface area contributed by atoms with Crippen molar-refractivity contribution in [2.24, 2.45) is 0 Å². The average Bonchev–Trinajstić information content (AvgIpc) is 3.47. The number of hydrogen-bond donors (Lipinski definition) is 1. The number of nitrogens with zero attached hydrogens (tertiary/aromatic N) is 3. The van der Waals surface area contributed by atoms with Crippen molar-refractivity contribution in [2.75, 3.05) is 23.7 Å². The number of anilines is 1. The van der Waals surface area contributed by atoms with Crippen LogP contribution in [-0.2, 0) is 21.4 Å². The van der Waals surface area contributed by atoms with Gasteiger partial charge in [-0.25, -0.2) is 13.4 Å². The third kappa shape index (κ3) is 6.33. The number of benzene rings is 3. The van der Waals surface area contributed by atoms with Gasteiger partial charge in [-0.2, -0.15) is 0 Å². The summed E-state index contributed by atoms with van der Waals surface area (Å²) in [7, 11) is -4.05. The van der Waals surface area contributed by atoms with Gasteiger partial charge in [0.15, 0.2) is 0 Å². The summed E-state index contributed by atoms with van der Waals surface area (Å²) in [5, 5.41) is 2.84. The first-order valence-corrected chi connectivity index (χ1v) is 14.3. The molecule has 1 amide bonds. The summed E-state index contributed by atoms with van der Waals surface area (Å²) in [6, 6.07) is 21.1. The van der Waals surface area contributed by atoms with Gasteiger partial charge in [-0.15, -0.1) is 11.8 Å². The van der Waals surface area contributed by atoms with E-state index in [1.807, 2.05) is 48.2 Å². The number of para-hydroxylation sites is 2. The van der Waals surface area contributed by atoms with Crippen LogP contribution in [0.1, 0.15) is 12.5 Å². The monoisotopic (exact) mass is 536 g/mol. The molecular formula is C27H28N4O4S2. The highest BCUT2D eigenvalue weighted by atomic mass is 32.2. The van der Waals surface area contributed by atoms with Gasteiger partial charge in [-0.1, -0.05) is 24.3 Å². The Kier molecular flexibility index (Phi) is 8.52. The number of nitrogens with one attached hydrogen (secondary N) is 1. The van der Waals surface area contributed by atoms with Crippen molar-refractivity contribution < 1.29 is 17.9 Å². The Morgan fingerprint density at radius 2 is 1.78 bits per heavy atom. The summed E-state index contributed by atoms with van der Waals surface area (Å²) in [5.41, 5.74) is 2.14. The molecule has 10 heteroatoms. The van der Waals surface area contributed by atoms with Crippen LogP contribution < -0.4 is 14.4 Å². The van der Waals surface area contributed by atoms with Gasteiger partial charge in [0.1, 0.15) is 12.3 Å². The van der Waals surface area contributed by atoms with Gasteiger partial charge in [0, 0.05) is 29.5 Å². The smallest absolute Gasteiger partial charge is 0.264 e. The topological polar surface area (TPSA) is 93.5 Å². The Morgan fingerprint density at radius 1 is 1.05 bits per heavy atom. The van der Waals surface area contributed by atoms with Crippen molar-refractivity contribution in [3.63, 3.8) is 0 Å². The van der Waals surface area contributed by atoms with E-state index in [1.165, 1.54) is 11.8 Å². The van der Waals surface area contributed by atoms with Crippen LogP contribution in [-0.4, -0.2) is 43.3 Å². The minimum absolute atomic E-state index is 0.0968. The number of sulfonamides is 1. The van der Waals surface area contributed by atoms with Crippen molar-refractivity contribution in [3.05, 3.63) is 97.1 Å². The molecule has 0 fully saturated rings. The maximum Gasteiger partial charge on any atom is 0.264 e. The number of carbonyl (C=O) groups is 1. The molecular weight excluding hydrogens is 508 g/mol. The maximum atomic E-state index is 13.7. The zero-order valence-electron chi connectivity index (χ0n) is 20.6. The normalized spacial score (nSPS) is 11.2. The first kappa shape index (κ1) is 26.3. The molecule has 0 radical (unpaired) electrons. The van der Waals surface area contributed by atoms with Crippen molar-refractivity contribution in [3.8, 4) is 11.4 Å². The van der Waals surface area contributed by atoms with Crippen LogP contribution in [0.3, 0.4) is 0 Å². The van der Waals surface area contributed by atoms with Crippen LogP contribution >= 0.6 is 11.8 Å². The summed E-state index contributed by atoms with van der Waals surface area (Å²) in [6.45, 7) is 2.03. The third-order valence-corrected chi connectivity index (χ3v) is 8.11. The highest BCUT2D eigenvalue weighted by Gasteiger charge is 2.29. The highest BCUT2D eigenvalue weighted by molar-refractivity contribution is 7.98. The molecule has 0 saturated carbocycles. The Morgan fingerprint density at radius 3 is 2.43 bits per heavy atom. The number of rotatable bonds is 11. The summed E-state index contributed by atoms with van der Waals surface area (Å²) >= 11 is 1.52. The lowest BCUT2D eigenvalue weighted by Crippen LogP contribution is -2.40. The minimum Gasteiger partial charge on any atom is -0.492 e. The zero-order valence-corrected chi connectivity index (χ0v) is 22.2. The van der Waals surface area contributed by atoms with Gasteiger partial charge < -0.3 is 14.6 Å². The van der Waals surface area contributed by atoms with Gasteiger partial charge in [0.25, 0.3) is 10.0 Å². The molecule has 0 saturated heterocycles. The highest BCUT2D eigenvalue weighted by Crippen LogP contribution is 2.33. The van der Waals surface area contributed by atoms with Gasteiger partial charge in [-0.3, -0.25) is 9.10 Å². The maximum absolute atomic E-state index is 13.7. The number of imidazole rings is 1. The van der Waals surface area contributed by atoms with Gasteiger partial charge in [0.2, 0.25) is 5.91 Å². The number of amides is 1. The molecule has 1 aromatic heterocycles. The third-order valence-electron chi connectivity index (χ3n) is 5.60. The van der Waals surface area contributed by atoms with Crippen LogP contribution in [0, 0.1) is 0 Å². The van der Waals surface area contributed by atoms with E-state index in [4.69, 9.17) is 4.74 Å². The predicted octanol–water partition coefficient (Wildman–Crippen LogP) is 4.50. The van der Waals surface area contributed by atoms with E-state index in [-0.39, 0.29) is 11.4 Å². The fourth-order valence-corrected chi connectivity index (χ4v) is 5.54. The van der Waals surface area contributed by atoms with E-state index in [9.17, 15) is 13.2 Å². The Bertz CT molecular complexity index is 1420. The van der Waals surface area contributed by atoms with Crippen molar-refractivity contribution in [2.45, 2.75) is 23.3 Å². The number of hydrogen-bond acceptors (Lipinski definition) is 6. The number of ether oxygens (including phenoxy) is 1. The first-order chi connectivity index (χ1) is 17.9. The number of carbonyl (C=O) groups excluding carboxylic acids is 1. The quantitative estimate of drug-likeness (QED) is 0.284. The standard InChI is InChI=1S/C27H28N4O4S2/c1-3-35-26-7-5-4-6-25(26)31(37(33,34)24-14-12-23(36-2)13-15-24)19-27(32)29-18-21-8-10-22(11-9-21)30-17-16-28-20-30/h4-17,20H,3,18-19H2,1-2H3,(H,29,32). The second-order valence-electron chi connectivity index (χ2n) is 8.00. The fraction of sp³-hybridized carbons (Fsp3) is 0.185. The zero-order chi connectivity index (χ0) is 26.3. The van der Waals surface area contributed by atoms with E-state index in [1.54, 1.807) is 61.1 Å². The average molecular weight is 537 g/mol. The van der Waals surface area contributed by atoms with E-state index in [0.717, 1.165) is 20.5 Å². The molecule has 0 atom stereocenters. The molecule has 1 heterocycles. The largest absolute Gasteiger partial charge is 0.492 e. The molecule has 3 aromatic carbocycles. The summed E-state index contributed by atoms with van der Waals surface area (Å²) in [5.74, 6) is -0.0495. The molecule has 192 valence electrons. The molecule has 8 nitrogen and oxygen atoms in total. The molecule has 4 aromatic rings. The molecule has 0 bridgehead atoms. The molecule has 0 aliphatic carbocycles. The van der Waals surface area contributed by atoms with E-state index in [2.05, 4.69) is 10.3 Å². The van der Waals surface area contributed by atoms with Crippen LogP contribution in [0.15, 0.2) is 101 Å². The van der Waals surface area contributed by atoms with Gasteiger partial charge in [-0.05, 0) is 67.3 Å². The summed E-state index contributed by atoms with van der Waals surface area (Å²) < 4.78 is 36.1. The Hall–Kier alpha value is -3.76.